The number of pyridine rings is 1. The van der Waals surface area contributed by atoms with Gasteiger partial charge in [-0.3, -0.25) is 9.69 Å². The quantitative estimate of drug-likeness (QED) is 0.663. The minimum absolute atomic E-state index is 0.0462. The fourth-order valence-electron chi connectivity index (χ4n) is 5.37. The maximum atomic E-state index is 13.5. The van der Waals surface area contributed by atoms with Gasteiger partial charge in [0.15, 0.2) is 5.82 Å². The summed E-state index contributed by atoms with van der Waals surface area (Å²) in [4.78, 5) is 21.5. The van der Waals surface area contributed by atoms with Crippen LogP contribution in [-0.4, -0.2) is 67.7 Å². The number of nitrogens with zero attached hydrogens (tertiary/aromatic N) is 6. The van der Waals surface area contributed by atoms with Crippen molar-refractivity contribution in [1.82, 2.24) is 35.0 Å². The van der Waals surface area contributed by atoms with E-state index in [4.69, 9.17) is 0 Å². The number of H-pyrrole nitrogens is 1. The molecule has 170 valence electrons. The molecule has 0 amide bonds. The summed E-state index contributed by atoms with van der Waals surface area (Å²) in [5, 5.41) is 14.0. The third-order valence-corrected chi connectivity index (χ3v) is 7.53. The van der Waals surface area contributed by atoms with Crippen molar-refractivity contribution in [1.29, 1.82) is 0 Å². The molecule has 32 heavy (non-hydrogen) atoms. The monoisotopic (exact) mass is 435 g/mol. The average molecular weight is 436 g/mol. The molecule has 1 aliphatic carbocycles. The van der Waals surface area contributed by atoms with Crippen LogP contribution in [0.5, 0.6) is 0 Å². The average Bonchev–Trinajstić information content (AvgIpc) is 3.50. The molecule has 1 atom stereocenters. The van der Waals surface area contributed by atoms with Gasteiger partial charge in [-0.05, 0) is 66.2 Å². The lowest BCUT2D eigenvalue weighted by atomic mass is 9.99. The molecule has 2 aromatic heterocycles. The molecular weight excluding hydrogens is 402 g/mol. The number of hydrogen-bond acceptors (Lipinski definition) is 6. The third kappa shape index (κ3) is 3.75. The van der Waals surface area contributed by atoms with Gasteiger partial charge in [0.25, 0.3) is 5.56 Å². The Balaban J connectivity index is 1.63. The number of hydrogen-bond donors (Lipinski definition) is 1. The summed E-state index contributed by atoms with van der Waals surface area (Å²) >= 11 is 0. The van der Waals surface area contributed by atoms with E-state index in [0.717, 1.165) is 73.4 Å². The van der Waals surface area contributed by atoms with E-state index in [1.165, 1.54) is 18.4 Å². The molecule has 8 heteroatoms. The van der Waals surface area contributed by atoms with E-state index < -0.39 is 0 Å². The molecule has 3 heterocycles. The highest BCUT2D eigenvalue weighted by atomic mass is 16.1. The van der Waals surface area contributed by atoms with Crippen molar-refractivity contribution in [3.05, 3.63) is 51.1 Å². The molecule has 0 spiro atoms. The highest BCUT2D eigenvalue weighted by Crippen LogP contribution is 2.34. The molecule has 8 nitrogen and oxygen atoms in total. The van der Waals surface area contributed by atoms with Crippen molar-refractivity contribution in [2.24, 2.45) is 0 Å². The third-order valence-electron chi connectivity index (χ3n) is 7.53. The Hall–Kier alpha value is -2.58. The lowest BCUT2D eigenvalue weighted by molar-refractivity contribution is 0.107. The van der Waals surface area contributed by atoms with E-state index in [1.54, 1.807) is 0 Å². The molecule has 2 fully saturated rings. The topological polar surface area (TPSA) is 82.9 Å². The van der Waals surface area contributed by atoms with Gasteiger partial charge in [0.1, 0.15) is 6.04 Å². The number of likely N-dealkylation sites (N-methyl/N-ethyl adjacent to an activating group) is 1. The number of nitrogens with one attached hydrogen (secondary N) is 1. The maximum absolute atomic E-state index is 13.5. The lowest BCUT2D eigenvalue weighted by Gasteiger charge is -2.38. The van der Waals surface area contributed by atoms with Crippen molar-refractivity contribution < 1.29 is 0 Å². The molecule has 0 unspecified atom stereocenters. The van der Waals surface area contributed by atoms with Crippen LogP contribution in [-0.2, 0) is 0 Å². The first-order valence-corrected chi connectivity index (χ1v) is 11.9. The fraction of sp³-hybridized carbons (Fsp3) is 0.583. The van der Waals surface area contributed by atoms with E-state index in [9.17, 15) is 4.79 Å². The minimum atomic E-state index is -0.251. The van der Waals surface area contributed by atoms with Crippen LogP contribution in [0, 0.1) is 13.8 Å². The summed E-state index contributed by atoms with van der Waals surface area (Å²) in [5.74, 6) is 0.801. The molecule has 5 rings (SSSR count). The van der Waals surface area contributed by atoms with Crippen LogP contribution in [0.3, 0.4) is 0 Å². The number of aromatic nitrogens is 5. The second kappa shape index (κ2) is 8.75. The van der Waals surface area contributed by atoms with E-state index in [1.807, 2.05) is 4.68 Å². The highest BCUT2D eigenvalue weighted by Gasteiger charge is 2.34. The van der Waals surface area contributed by atoms with E-state index >= 15 is 0 Å². The minimum Gasteiger partial charge on any atom is -0.321 e. The molecule has 0 radical (unpaired) electrons. The van der Waals surface area contributed by atoms with Crippen LogP contribution in [0.25, 0.3) is 10.9 Å². The fourth-order valence-corrected chi connectivity index (χ4v) is 5.37. The standard InChI is InChI=1S/C24H33N7O/c1-4-29-11-13-30(14-12-29)22(23-26-27-28-31(23)19-7-5-6-8-19)20-15-18-10-9-16(2)17(3)21(18)25-24(20)32/h9-10,15,19,22H,4-8,11-14H2,1-3H3,(H,25,32)/t22-/m0/s1. The predicted molar refractivity (Wildman–Crippen MR) is 125 cm³/mol. The Morgan fingerprint density at radius 2 is 1.88 bits per heavy atom. The van der Waals surface area contributed by atoms with Gasteiger partial charge in [0.2, 0.25) is 0 Å². The summed E-state index contributed by atoms with van der Waals surface area (Å²) in [6.45, 7) is 11.1. The number of benzene rings is 1. The smallest absolute Gasteiger partial charge is 0.253 e. The first-order valence-electron chi connectivity index (χ1n) is 11.9. The molecule has 3 aromatic rings. The Kier molecular flexibility index (Phi) is 5.82. The van der Waals surface area contributed by atoms with E-state index in [0.29, 0.717) is 6.04 Å². The van der Waals surface area contributed by atoms with Gasteiger partial charge in [0.05, 0.1) is 11.6 Å². The Bertz CT molecular complexity index is 1150. The zero-order valence-corrected chi connectivity index (χ0v) is 19.3. The van der Waals surface area contributed by atoms with Crippen LogP contribution < -0.4 is 5.56 Å². The molecular formula is C24H33N7O. The number of fused-ring (bicyclic) bond motifs is 1. The molecule has 1 N–H and O–H groups in total. The summed E-state index contributed by atoms with van der Waals surface area (Å²) < 4.78 is 2.01. The van der Waals surface area contributed by atoms with Gasteiger partial charge < -0.3 is 9.88 Å². The van der Waals surface area contributed by atoms with Crippen LogP contribution in [0.1, 0.15) is 67.2 Å². The lowest BCUT2D eigenvalue weighted by Crippen LogP contribution is -2.49. The van der Waals surface area contributed by atoms with Crippen molar-refractivity contribution in [2.75, 3.05) is 32.7 Å². The van der Waals surface area contributed by atoms with Gasteiger partial charge >= 0.3 is 0 Å². The SMILES string of the molecule is CCN1CCN([C@@H](c2cc3ccc(C)c(C)c3[nH]c2=O)c2nnnn2C2CCCC2)CC1. The molecule has 1 saturated heterocycles. The van der Waals surface area contributed by atoms with E-state index in [2.05, 4.69) is 69.3 Å². The number of aromatic amines is 1. The van der Waals surface area contributed by atoms with Gasteiger partial charge in [-0.1, -0.05) is 31.9 Å². The molecule has 1 aliphatic heterocycles. The largest absolute Gasteiger partial charge is 0.321 e. The zero-order valence-electron chi connectivity index (χ0n) is 19.3. The Morgan fingerprint density at radius 1 is 1.12 bits per heavy atom. The second-order valence-corrected chi connectivity index (χ2v) is 9.32. The first kappa shape index (κ1) is 21.3. The van der Waals surface area contributed by atoms with Crippen molar-refractivity contribution >= 4 is 10.9 Å². The molecule has 2 aliphatic rings. The highest BCUT2D eigenvalue weighted by molar-refractivity contribution is 5.83. The zero-order chi connectivity index (χ0) is 22.2. The number of piperazine rings is 1. The van der Waals surface area contributed by atoms with Gasteiger partial charge in [-0.2, -0.15) is 0 Å². The molecule has 1 saturated carbocycles. The van der Waals surface area contributed by atoms with Gasteiger partial charge in [0, 0.05) is 31.7 Å². The van der Waals surface area contributed by atoms with Crippen LogP contribution in [0.15, 0.2) is 23.0 Å². The summed E-state index contributed by atoms with van der Waals surface area (Å²) in [5.41, 5.74) is 3.91. The Morgan fingerprint density at radius 3 is 2.59 bits per heavy atom. The summed E-state index contributed by atoms with van der Waals surface area (Å²) in [6, 6.07) is 6.36. The van der Waals surface area contributed by atoms with Crippen LogP contribution in [0.4, 0.5) is 0 Å². The van der Waals surface area contributed by atoms with Crippen LogP contribution >= 0.6 is 0 Å². The maximum Gasteiger partial charge on any atom is 0.253 e. The van der Waals surface area contributed by atoms with Crippen molar-refractivity contribution in [2.45, 2.75) is 58.5 Å². The second-order valence-electron chi connectivity index (χ2n) is 9.32. The molecule has 0 bridgehead atoms. The first-order chi connectivity index (χ1) is 15.6. The number of rotatable bonds is 5. The summed E-state index contributed by atoms with van der Waals surface area (Å²) in [6.07, 6.45) is 4.61. The predicted octanol–water partition coefficient (Wildman–Crippen LogP) is 2.97. The van der Waals surface area contributed by atoms with E-state index in [-0.39, 0.29) is 11.6 Å². The van der Waals surface area contributed by atoms with Gasteiger partial charge in [-0.15, -0.1) is 5.10 Å². The normalized spacial score (nSPS) is 19.7. The Labute approximate surface area is 188 Å². The molecule has 1 aromatic carbocycles. The summed E-state index contributed by atoms with van der Waals surface area (Å²) in [7, 11) is 0. The van der Waals surface area contributed by atoms with Crippen molar-refractivity contribution in [3.8, 4) is 0 Å². The van der Waals surface area contributed by atoms with Crippen molar-refractivity contribution in [3.63, 3.8) is 0 Å². The number of tetrazole rings is 1. The van der Waals surface area contributed by atoms with Crippen LogP contribution in [0.2, 0.25) is 0 Å². The number of aryl methyl sites for hydroxylation is 2. The van der Waals surface area contributed by atoms with Gasteiger partial charge in [-0.25, -0.2) is 4.68 Å².